The first kappa shape index (κ1) is 12.1. The van der Waals surface area contributed by atoms with Crippen molar-refractivity contribution in [2.75, 3.05) is 0 Å². The van der Waals surface area contributed by atoms with Gasteiger partial charge in [0.1, 0.15) is 6.26 Å². The molecule has 0 spiro atoms. The van der Waals surface area contributed by atoms with Crippen molar-refractivity contribution in [2.24, 2.45) is 5.73 Å². The van der Waals surface area contributed by atoms with Gasteiger partial charge in [-0.25, -0.2) is 4.98 Å². The first-order chi connectivity index (χ1) is 8.16. The van der Waals surface area contributed by atoms with Crippen molar-refractivity contribution in [3.05, 3.63) is 42.0 Å². The third-order valence-electron chi connectivity index (χ3n) is 2.28. The molecule has 17 heavy (non-hydrogen) atoms. The highest BCUT2D eigenvalue weighted by molar-refractivity contribution is 7.99. The highest BCUT2D eigenvalue weighted by Gasteiger charge is 2.21. The number of hydrogen-bond donors (Lipinski definition) is 1. The molecule has 0 aliphatic carbocycles. The first-order valence-corrected chi connectivity index (χ1v) is 6.30. The fourth-order valence-corrected chi connectivity index (χ4v) is 2.47. The van der Waals surface area contributed by atoms with Crippen LogP contribution in [0, 0.1) is 6.92 Å². The SMILES string of the molecule is Cc1coc(SC(c2ccccn2)C(C)N)n1. The Hall–Kier alpha value is -1.33. The molecule has 2 aromatic heterocycles. The summed E-state index contributed by atoms with van der Waals surface area (Å²) in [6.07, 6.45) is 3.41. The van der Waals surface area contributed by atoms with Crippen LogP contribution in [0.4, 0.5) is 0 Å². The average Bonchev–Trinajstić information content (AvgIpc) is 2.73. The van der Waals surface area contributed by atoms with Crippen LogP contribution in [0.3, 0.4) is 0 Å². The number of aromatic nitrogens is 2. The zero-order valence-electron chi connectivity index (χ0n) is 9.83. The van der Waals surface area contributed by atoms with Crippen LogP contribution in [0.1, 0.15) is 23.6 Å². The summed E-state index contributed by atoms with van der Waals surface area (Å²) in [5.74, 6) is 0. The second-order valence-electron chi connectivity index (χ2n) is 3.91. The van der Waals surface area contributed by atoms with Crippen LogP contribution in [0.5, 0.6) is 0 Å². The van der Waals surface area contributed by atoms with Gasteiger partial charge in [-0.2, -0.15) is 0 Å². The fourth-order valence-electron chi connectivity index (χ4n) is 1.48. The molecule has 2 heterocycles. The number of aryl methyl sites for hydroxylation is 1. The molecule has 0 amide bonds. The van der Waals surface area contributed by atoms with E-state index in [-0.39, 0.29) is 11.3 Å². The highest BCUT2D eigenvalue weighted by atomic mass is 32.2. The molecule has 0 aliphatic heterocycles. The van der Waals surface area contributed by atoms with E-state index in [4.69, 9.17) is 10.2 Å². The number of rotatable bonds is 4. The zero-order valence-corrected chi connectivity index (χ0v) is 10.6. The predicted octanol–water partition coefficient (Wildman–Crippen LogP) is 2.56. The fraction of sp³-hybridized carbons (Fsp3) is 0.333. The van der Waals surface area contributed by atoms with E-state index in [0.29, 0.717) is 5.22 Å². The summed E-state index contributed by atoms with van der Waals surface area (Å²) in [4.78, 5) is 8.60. The zero-order chi connectivity index (χ0) is 12.3. The molecule has 0 radical (unpaired) electrons. The van der Waals surface area contributed by atoms with Gasteiger partial charge >= 0.3 is 0 Å². The second-order valence-corrected chi connectivity index (χ2v) is 5.00. The maximum Gasteiger partial charge on any atom is 0.256 e. The van der Waals surface area contributed by atoms with Crippen LogP contribution in [0.15, 0.2) is 40.3 Å². The molecule has 5 heteroatoms. The van der Waals surface area contributed by atoms with Crippen LogP contribution < -0.4 is 5.73 Å². The lowest BCUT2D eigenvalue weighted by atomic mass is 10.2. The van der Waals surface area contributed by atoms with Gasteiger partial charge in [0, 0.05) is 12.2 Å². The molecule has 0 fully saturated rings. The van der Waals surface area contributed by atoms with E-state index >= 15 is 0 Å². The summed E-state index contributed by atoms with van der Waals surface area (Å²) >= 11 is 1.51. The minimum absolute atomic E-state index is 0.0258. The highest BCUT2D eigenvalue weighted by Crippen LogP contribution is 2.35. The van der Waals surface area contributed by atoms with Crippen molar-refractivity contribution in [2.45, 2.75) is 30.4 Å². The van der Waals surface area contributed by atoms with Crippen LogP contribution in [0.2, 0.25) is 0 Å². The Labute approximate surface area is 105 Å². The second kappa shape index (κ2) is 5.33. The summed E-state index contributed by atoms with van der Waals surface area (Å²) in [6.45, 7) is 3.86. The molecule has 4 nitrogen and oxygen atoms in total. The van der Waals surface area contributed by atoms with Gasteiger partial charge in [-0.15, -0.1) is 0 Å². The molecule has 2 rings (SSSR count). The molecular formula is C12H15N3OS. The minimum atomic E-state index is -0.0258. The molecule has 2 unspecified atom stereocenters. The normalized spacial score (nSPS) is 14.5. The molecule has 0 aliphatic rings. The van der Waals surface area contributed by atoms with E-state index < -0.39 is 0 Å². The smallest absolute Gasteiger partial charge is 0.256 e. The van der Waals surface area contributed by atoms with Crippen LogP contribution in [-0.4, -0.2) is 16.0 Å². The molecule has 2 aromatic rings. The molecule has 0 aromatic carbocycles. The van der Waals surface area contributed by atoms with Crippen molar-refractivity contribution < 1.29 is 4.42 Å². The monoisotopic (exact) mass is 249 g/mol. The Kier molecular flexibility index (Phi) is 3.81. The van der Waals surface area contributed by atoms with Gasteiger partial charge in [-0.1, -0.05) is 17.8 Å². The van der Waals surface area contributed by atoms with Crippen LogP contribution >= 0.6 is 11.8 Å². The van der Waals surface area contributed by atoms with Crippen molar-refractivity contribution in [1.82, 2.24) is 9.97 Å². The van der Waals surface area contributed by atoms with Gasteiger partial charge in [0.15, 0.2) is 0 Å². The van der Waals surface area contributed by atoms with E-state index in [1.165, 1.54) is 11.8 Å². The average molecular weight is 249 g/mol. The number of oxazole rings is 1. The summed E-state index contributed by atoms with van der Waals surface area (Å²) in [6, 6.07) is 5.79. The van der Waals surface area contributed by atoms with E-state index in [0.717, 1.165) is 11.4 Å². The molecule has 0 saturated carbocycles. The summed E-state index contributed by atoms with van der Waals surface area (Å²) in [7, 11) is 0. The van der Waals surface area contributed by atoms with Crippen molar-refractivity contribution >= 4 is 11.8 Å². The Balaban J connectivity index is 2.19. The van der Waals surface area contributed by atoms with Gasteiger partial charge in [0.2, 0.25) is 0 Å². The topological polar surface area (TPSA) is 64.9 Å². The lowest BCUT2D eigenvalue weighted by molar-refractivity contribution is 0.452. The number of hydrogen-bond acceptors (Lipinski definition) is 5. The molecule has 0 saturated heterocycles. The van der Waals surface area contributed by atoms with Crippen molar-refractivity contribution in [3.8, 4) is 0 Å². The quantitative estimate of drug-likeness (QED) is 0.844. The van der Waals surface area contributed by atoms with Gasteiger partial charge in [0.05, 0.1) is 16.6 Å². The van der Waals surface area contributed by atoms with Gasteiger partial charge < -0.3 is 10.2 Å². The molecule has 0 bridgehead atoms. The third-order valence-corrected chi connectivity index (χ3v) is 3.60. The minimum Gasteiger partial charge on any atom is -0.440 e. The number of nitrogens with two attached hydrogens (primary N) is 1. The summed E-state index contributed by atoms with van der Waals surface area (Å²) in [5.41, 5.74) is 7.81. The van der Waals surface area contributed by atoms with E-state index in [9.17, 15) is 0 Å². The largest absolute Gasteiger partial charge is 0.440 e. The van der Waals surface area contributed by atoms with Crippen molar-refractivity contribution in [3.63, 3.8) is 0 Å². The lowest BCUT2D eigenvalue weighted by Gasteiger charge is -2.17. The predicted molar refractivity (Wildman–Crippen MR) is 67.7 cm³/mol. The Bertz CT molecular complexity index is 470. The maximum atomic E-state index is 5.99. The Morgan fingerprint density at radius 3 is 2.76 bits per heavy atom. The number of pyridine rings is 1. The lowest BCUT2D eigenvalue weighted by Crippen LogP contribution is -2.23. The third kappa shape index (κ3) is 3.08. The maximum absolute atomic E-state index is 5.99. The molecule has 90 valence electrons. The number of thioether (sulfide) groups is 1. The van der Waals surface area contributed by atoms with Gasteiger partial charge in [-0.3, -0.25) is 4.98 Å². The van der Waals surface area contributed by atoms with Crippen LogP contribution in [-0.2, 0) is 0 Å². The van der Waals surface area contributed by atoms with E-state index in [2.05, 4.69) is 9.97 Å². The summed E-state index contributed by atoms with van der Waals surface area (Å²) < 4.78 is 5.33. The first-order valence-electron chi connectivity index (χ1n) is 5.42. The van der Waals surface area contributed by atoms with Gasteiger partial charge in [0.25, 0.3) is 5.22 Å². The molecular weight excluding hydrogens is 234 g/mol. The Morgan fingerprint density at radius 2 is 2.24 bits per heavy atom. The number of nitrogens with zero attached hydrogens (tertiary/aromatic N) is 2. The van der Waals surface area contributed by atoms with E-state index in [1.54, 1.807) is 12.5 Å². The molecule has 2 atom stereocenters. The van der Waals surface area contributed by atoms with Gasteiger partial charge in [-0.05, 0) is 26.0 Å². The Morgan fingerprint density at radius 1 is 1.41 bits per heavy atom. The van der Waals surface area contributed by atoms with Crippen molar-refractivity contribution in [1.29, 1.82) is 0 Å². The van der Waals surface area contributed by atoms with E-state index in [1.807, 2.05) is 32.0 Å². The molecule has 2 N–H and O–H groups in total. The van der Waals surface area contributed by atoms with Crippen LogP contribution in [0.25, 0.3) is 0 Å². The summed E-state index contributed by atoms with van der Waals surface area (Å²) in [5, 5.41) is 0.685. The standard InChI is InChI=1S/C12H15N3OS/c1-8-7-16-12(15-8)17-11(9(2)13)10-5-3-4-6-14-10/h3-7,9,11H,13H2,1-2H3.